The van der Waals surface area contributed by atoms with Gasteiger partial charge in [0.05, 0.1) is 16.1 Å². The summed E-state index contributed by atoms with van der Waals surface area (Å²) in [4.78, 5) is 0. The van der Waals surface area contributed by atoms with Crippen molar-refractivity contribution in [1.29, 1.82) is 0 Å². The van der Waals surface area contributed by atoms with Gasteiger partial charge in [-0.3, -0.25) is 0 Å². The van der Waals surface area contributed by atoms with Crippen LogP contribution in [0.4, 0.5) is 0 Å². The SMILES string of the molecule is N[C@@H](Cc1ccccc1)c1nnc(SCc2ccc(Cl)c(Cl)c2)o1.[Cl-]. The zero-order valence-electron chi connectivity index (χ0n) is 13.0. The summed E-state index contributed by atoms with van der Waals surface area (Å²) in [6.07, 6.45) is 0.653. The molecule has 0 saturated heterocycles. The van der Waals surface area contributed by atoms with Gasteiger partial charge in [-0.2, -0.15) is 0 Å². The van der Waals surface area contributed by atoms with Crippen LogP contribution in [-0.4, -0.2) is 10.2 Å². The molecule has 0 amide bonds. The molecule has 0 aliphatic carbocycles. The van der Waals surface area contributed by atoms with E-state index >= 15 is 0 Å². The van der Waals surface area contributed by atoms with E-state index in [1.54, 1.807) is 6.07 Å². The van der Waals surface area contributed by atoms with Gasteiger partial charge in [0.25, 0.3) is 5.22 Å². The summed E-state index contributed by atoms with van der Waals surface area (Å²) in [6.45, 7) is 0. The van der Waals surface area contributed by atoms with Crippen LogP contribution in [-0.2, 0) is 12.2 Å². The maximum Gasteiger partial charge on any atom is 0.276 e. The van der Waals surface area contributed by atoms with Crippen molar-refractivity contribution in [3.8, 4) is 0 Å². The Morgan fingerprint density at radius 2 is 1.76 bits per heavy atom. The van der Waals surface area contributed by atoms with E-state index in [2.05, 4.69) is 10.2 Å². The zero-order valence-corrected chi connectivity index (χ0v) is 16.1. The van der Waals surface area contributed by atoms with Crippen molar-refractivity contribution < 1.29 is 16.8 Å². The van der Waals surface area contributed by atoms with E-state index in [9.17, 15) is 0 Å². The van der Waals surface area contributed by atoms with Crippen LogP contribution >= 0.6 is 35.0 Å². The van der Waals surface area contributed by atoms with Crippen LogP contribution in [0.3, 0.4) is 0 Å². The molecule has 2 N–H and O–H groups in total. The first kappa shape index (κ1) is 20.1. The van der Waals surface area contributed by atoms with Crippen molar-refractivity contribution >= 4 is 35.0 Å². The molecule has 2 aromatic carbocycles. The largest absolute Gasteiger partial charge is 1.00 e. The summed E-state index contributed by atoms with van der Waals surface area (Å²) in [5.74, 6) is 1.10. The molecule has 132 valence electrons. The lowest BCUT2D eigenvalue weighted by Crippen LogP contribution is -3.00. The molecular formula is C17H15Cl3N3OS-. The van der Waals surface area contributed by atoms with E-state index in [0.717, 1.165) is 11.1 Å². The number of benzene rings is 2. The lowest BCUT2D eigenvalue weighted by molar-refractivity contribution is -0.00000533. The summed E-state index contributed by atoms with van der Waals surface area (Å²) in [5.41, 5.74) is 8.31. The number of rotatable bonds is 6. The second-order valence-corrected chi connectivity index (χ2v) is 6.98. The number of nitrogens with two attached hydrogens (primary N) is 1. The molecule has 4 nitrogen and oxygen atoms in total. The summed E-state index contributed by atoms with van der Waals surface area (Å²) in [5, 5.41) is 9.65. The third kappa shape index (κ3) is 5.62. The quantitative estimate of drug-likeness (QED) is 0.623. The highest BCUT2D eigenvalue weighted by Gasteiger charge is 2.15. The van der Waals surface area contributed by atoms with Crippen molar-refractivity contribution in [3.05, 3.63) is 75.6 Å². The van der Waals surface area contributed by atoms with Crippen molar-refractivity contribution in [2.45, 2.75) is 23.4 Å². The summed E-state index contributed by atoms with van der Waals surface area (Å²) >= 11 is 13.4. The van der Waals surface area contributed by atoms with Gasteiger partial charge >= 0.3 is 0 Å². The molecule has 3 aromatic rings. The Hall–Kier alpha value is -1.24. The van der Waals surface area contributed by atoms with Crippen molar-refractivity contribution in [2.75, 3.05) is 0 Å². The normalized spacial score (nSPS) is 11.8. The van der Waals surface area contributed by atoms with Crippen LogP contribution in [0, 0.1) is 0 Å². The highest BCUT2D eigenvalue weighted by atomic mass is 35.5. The first-order valence-electron chi connectivity index (χ1n) is 7.31. The molecule has 1 aromatic heterocycles. The molecule has 1 heterocycles. The number of hydrogen-bond acceptors (Lipinski definition) is 5. The zero-order chi connectivity index (χ0) is 16.9. The predicted octanol–water partition coefficient (Wildman–Crippen LogP) is 1.92. The van der Waals surface area contributed by atoms with Crippen molar-refractivity contribution in [3.63, 3.8) is 0 Å². The lowest BCUT2D eigenvalue weighted by Gasteiger charge is -2.06. The Morgan fingerprint density at radius 3 is 2.48 bits per heavy atom. The average Bonchev–Trinajstić information content (AvgIpc) is 3.06. The van der Waals surface area contributed by atoms with Crippen LogP contribution < -0.4 is 18.1 Å². The second-order valence-electron chi connectivity index (χ2n) is 5.24. The minimum Gasteiger partial charge on any atom is -1.00 e. The molecule has 8 heteroatoms. The van der Waals surface area contributed by atoms with Gasteiger partial charge in [-0.15, -0.1) is 10.2 Å². The number of aromatic nitrogens is 2. The first-order valence-corrected chi connectivity index (χ1v) is 9.05. The average molecular weight is 416 g/mol. The van der Waals surface area contributed by atoms with Crippen LogP contribution in [0.5, 0.6) is 0 Å². The Kier molecular flexibility index (Phi) is 7.59. The fourth-order valence-electron chi connectivity index (χ4n) is 2.16. The van der Waals surface area contributed by atoms with Gasteiger partial charge in [-0.1, -0.05) is 71.4 Å². The molecule has 0 bridgehead atoms. The van der Waals surface area contributed by atoms with E-state index in [4.69, 9.17) is 33.4 Å². The topological polar surface area (TPSA) is 64.9 Å². The Labute approximate surface area is 166 Å². The molecule has 3 rings (SSSR count). The molecule has 1 atom stereocenters. The monoisotopic (exact) mass is 414 g/mol. The van der Waals surface area contributed by atoms with Crippen LogP contribution in [0.1, 0.15) is 23.1 Å². The molecule has 0 saturated carbocycles. The Balaban J connectivity index is 0.00000225. The summed E-state index contributed by atoms with van der Waals surface area (Å²) in [7, 11) is 0. The molecule has 0 aliphatic heterocycles. The highest BCUT2D eigenvalue weighted by Crippen LogP contribution is 2.28. The third-order valence-corrected chi connectivity index (χ3v) is 5.01. The maximum absolute atomic E-state index is 6.15. The van der Waals surface area contributed by atoms with Crippen LogP contribution in [0.2, 0.25) is 10.0 Å². The van der Waals surface area contributed by atoms with Gasteiger partial charge in [0.2, 0.25) is 5.89 Å². The minimum atomic E-state index is -0.320. The molecule has 0 unspecified atom stereocenters. The second kappa shape index (κ2) is 9.46. The number of hydrogen-bond donors (Lipinski definition) is 1. The van der Waals surface area contributed by atoms with Gasteiger partial charge in [0, 0.05) is 5.75 Å². The number of halogens is 3. The third-order valence-electron chi connectivity index (χ3n) is 3.38. The highest BCUT2D eigenvalue weighted by molar-refractivity contribution is 7.98. The van der Waals surface area contributed by atoms with Gasteiger partial charge in [-0.05, 0) is 29.7 Å². The van der Waals surface area contributed by atoms with Gasteiger partial charge in [0.15, 0.2) is 0 Å². The van der Waals surface area contributed by atoms with Crippen molar-refractivity contribution in [2.24, 2.45) is 5.73 Å². The maximum atomic E-state index is 6.15. The molecule has 25 heavy (non-hydrogen) atoms. The molecule has 0 fully saturated rings. The lowest BCUT2D eigenvalue weighted by atomic mass is 10.1. The standard InChI is InChI=1S/C17H15Cl2N3OS.ClH/c18-13-7-6-12(8-14(13)19)10-24-17-22-21-16(23-17)15(20)9-11-4-2-1-3-5-11;/h1-8,15H,9-10,20H2;1H/p-1/t15-;/m0./s1. The Morgan fingerprint density at radius 1 is 1.00 bits per heavy atom. The van der Waals surface area contributed by atoms with Crippen LogP contribution in [0.25, 0.3) is 0 Å². The van der Waals surface area contributed by atoms with Gasteiger partial charge in [0.1, 0.15) is 0 Å². The first-order chi connectivity index (χ1) is 11.6. The van der Waals surface area contributed by atoms with Crippen molar-refractivity contribution in [1.82, 2.24) is 10.2 Å². The fraction of sp³-hybridized carbons (Fsp3) is 0.176. The number of nitrogens with zero attached hydrogens (tertiary/aromatic N) is 2. The fourth-order valence-corrected chi connectivity index (χ4v) is 3.19. The predicted molar refractivity (Wildman–Crippen MR) is 97.4 cm³/mol. The molecule has 0 spiro atoms. The molecule has 0 radical (unpaired) electrons. The molecule has 0 aliphatic rings. The van der Waals surface area contributed by atoms with E-state index in [1.165, 1.54) is 11.8 Å². The van der Waals surface area contributed by atoms with E-state index < -0.39 is 0 Å². The van der Waals surface area contributed by atoms with Gasteiger partial charge in [-0.25, -0.2) is 0 Å². The van der Waals surface area contributed by atoms with Crippen LogP contribution in [0.15, 0.2) is 58.2 Å². The van der Waals surface area contributed by atoms with E-state index in [-0.39, 0.29) is 18.4 Å². The smallest absolute Gasteiger partial charge is 0.276 e. The summed E-state index contributed by atoms with van der Waals surface area (Å²) < 4.78 is 5.65. The Bertz CT molecular complexity index is 814. The van der Waals surface area contributed by atoms with E-state index in [0.29, 0.717) is 33.3 Å². The molecular weight excluding hydrogens is 401 g/mol. The van der Waals surface area contributed by atoms with Gasteiger partial charge < -0.3 is 22.6 Å². The minimum absolute atomic E-state index is 0. The van der Waals surface area contributed by atoms with E-state index in [1.807, 2.05) is 42.5 Å². The summed E-state index contributed by atoms with van der Waals surface area (Å²) in [6, 6.07) is 15.2. The number of thioether (sulfide) groups is 1.